The van der Waals surface area contributed by atoms with Gasteiger partial charge >= 0.3 is 5.97 Å². The summed E-state index contributed by atoms with van der Waals surface area (Å²) in [4.78, 5) is 16.2. The molecule has 6 heteroatoms. The average molecular weight is 350 g/mol. The predicted octanol–water partition coefficient (Wildman–Crippen LogP) is 4.28. The van der Waals surface area contributed by atoms with Crippen LogP contribution < -0.4 is 9.47 Å². The third-order valence-corrected chi connectivity index (χ3v) is 3.21. The highest BCUT2D eigenvalue weighted by atomic mass is 35.5. The molecule has 0 fully saturated rings. The molecule has 0 atom stereocenters. The molecule has 24 heavy (non-hydrogen) atoms. The molecule has 5 nitrogen and oxygen atoms in total. The molecule has 0 saturated carbocycles. The lowest BCUT2D eigenvalue weighted by Gasteiger charge is -2.20. The van der Waals surface area contributed by atoms with E-state index in [1.165, 1.54) is 12.3 Å². The molecule has 2 aromatic rings. The van der Waals surface area contributed by atoms with E-state index in [0.29, 0.717) is 5.75 Å². The van der Waals surface area contributed by atoms with E-state index >= 15 is 0 Å². The molecule has 0 bridgehead atoms. The summed E-state index contributed by atoms with van der Waals surface area (Å²) in [6.45, 7) is 5.67. The summed E-state index contributed by atoms with van der Waals surface area (Å²) >= 11 is 5.92. The molecule has 0 radical (unpaired) electrons. The lowest BCUT2D eigenvalue weighted by atomic mass is 10.2. The third-order valence-electron chi connectivity index (χ3n) is 3.00. The van der Waals surface area contributed by atoms with Crippen molar-refractivity contribution in [2.24, 2.45) is 0 Å². The van der Waals surface area contributed by atoms with Gasteiger partial charge in [-0.25, -0.2) is 9.78 Å². The number of rotatable bonds is 5. The number of hydrogen-bond donors (Lipinski definition) is 0. The maximum absolute atomic E-state index is 12.3. The van der Waals surface area contributed by atoms with Crippen molar-refractivity contribution in [2.75, 3.05) is 7.11 Å². The van der Waals surface area contributed by atoms with Gasteiger partial charge in [-0.05, 0) is 38.5 Å². The van der Waals surface area contributed by atoms with Crippen LogP contribution in [0.15, 0.2) is 36.5 Å². The van der Waals surface area contributed by atoms with Crippen LogP contribution in [0.3, 0.4) is 0 Å². The third kappa shape index (κ3) is 5.13. The lowest BCUT2D eigenvalue weighted by Crippen LogP contribution is -2.24. The first kappa shape index (κ1) is 18.1. The average Bonchev–Trinajstić information content (AvgIpc) is 2.51. The fraction of sp³-hybridized carbons (Fsp3) is 0.333. The molecule has 0 spiro atoms. The monoisotopic (exact) mass is 349 g/mol. The van der Waals surface area contributed by atoms with E-state index in [9.17, 15) is 4.79 Å². The first-order chi connectivity index (χ1) is 11.3. The molecule has 1 aromatic carbocycles. The van der Waals surface area contributed by atoms with E-state index in [-0.39, 0.29) is 17.3 Å². The molecule has 128 valence electrons. The lowest BCUT2D eigenvalue weighted by molar-refractivity contribution is 0.00650. The van der Waals surface area contributed by atoms with Gasteiger partial charge in [0.2, 0.25) is 0 Å². The zero-order chi connectivity index (χ0) is 17.7. The molecular weight excluding hydrogens is 330 g/mol. The minimum atomic E-state index is -0.607. The molecule has 1 heterocycles. The fourth-order valence-electron chi connectivity index (χ4n) is 1.90. The van der Waals surface area contributed by atoms with E-state index in [1.807, 2.05) is 24.3 Å². The minimum Gasteiger partial charge on any atom is -0.497 e. The topological polar surface area (TPSA) is 57.7 Å². The first-order valence-corrected chi connectivity index (χ1v) is 7.81. The van der Waals surface area contributed by atoms with Crippen LogP contribution in [0.1, 0.15) is 36.7 Å². The Hall–Kier alpha value is -2.27. The smallest absolute Gasteiger partial charge is 0.344 e. The maximum Gasteiger partial charge on any atom is 0.344 e. The Morgan fingerprint density at radius 1 is 1.21 bits per heavy atom. The molecule has 0 aliphatic rings. The Kier molecular flexibility index (Phi) is 5.67. The van der Waals surface area contributed by atoms with Crippen LogP contribution in [0.2, 0.25) is 5.15 Å². The Balaban J connectivity index is 2.16. The number of ether oxygens (including phenoxy) is 3. The van der Waals surface area contributed by atoms with Gasteiger partial charge in [-0.15, -0.1) is 0 Å². The van der Waals surface area contributed by atoms with E-state index in [4.69, 9.17) is 25.8 Å². The van der Waals surface area contributed by atoms with Gasteiger partial charge in [-0.3, -0.25) is 0 Å². The number of pyridine rings is 1. The van der Waals surface area contributed by atoms with Crippen molar-refractivity contribution in [2.45, 2.75) is 33.0 Å². The number of hydrogen-bond acceptors (Lipinski definition) is 5. The van der Waals surface area contributed by atoms with Crippen molar-refractivity contribution in [3.05, 3.63) is 52.8 Å². The maximum atomic E-state index is 12.3. The summed E-state index contributed by atoms with van der Waals surface area (Å²) in [7, 11) is 1.61. The van der Waals surface area contributed by atoms with Gasteiger partial charge in [-0.1, -0.05) is 23.7 Å². The zero-order valence-corrected chi connectivity index (χ0v) is 14.9. The number of aromatic nitrogens is 1. The Labute approximate surface area is 146 Å². The van der Waals surface area contributed by atoms with Crippen molar-refractivity contribution in [3.8, 4) is 11.5 Å². The second kappa shape index (κ2) is 7.53. The van der Waals surface area contributed by atoms with Gasteiger partial charge in [0.25, 0.3) is 0 Å². The molecule has 0 amide bonds. The summed E-state index contributed by atoms with van der Waals surface area (Å²) in [6.07, 6.45) is 1.36. The van der Waals surface area contributed by atoms with Crippen LogP contribution >= 0.6 is 11.6 Å². The number of carbonyl (C=O) groups excluding carboxylic acids is 1. The highest BCUT2D eigenvalue weighted by Crippen LogP contribution is 2.25. The van der Waals surface area contributed by atoms with Crippen LogP contribution in [-0.4, -0.2) is 23.7 Å². The quantitative estimate of drug-likeness (QED) is 0.595. The molecule has 0 aliphatic heterocycles. The summed E-state index contributed by atoms with van der Waals surface area (Å²) in [5, 5.41) is 0.243. The molecule has 0 unspecified atom stereocenters. The van der Waals surface area contributed by atoms with Crippen LogP contribution in [-0.2, 0) is 11.3 Å². The van der Waals surface area contributed by atoms with Gasteiger partial charge in [-0.2, -0.15) is 0 Å². The summed E-state index contributed by atoms with van der Waals surface area (Å²) in [6, 6.07) is 8.95. The number of benzene rings is 1. The fourth-order valence-corrected chi connectivity index (χ4v) is 2.05. The van der Waals surface area contributed by atoms with Crippen molar-refractivity contribution in [1.82, 2.24) is 4.98 Å². The summed E-state index contributed by atoms with van der Waals surface area (Å²) in [5.74, 6) is 0.594. The number of methoxy groups -OCH3 is 1. The van der Waals surface area contributed by atoms with Crippen molar-refractivity contribution in [3.63, 3.8) is 0 Å². The SMILES string of the molecule is COc1ccc(COc2cc(Cl)ncc2C(=O)OC(C)(C)C)cc1. The Morgan fingerprint density at radius 3 is 2.46 bits per heavy atom. The molecule has 0 aliphatic carbocycles. The highest BCUT2D eigenvalue weighted by molar-refractivity contribution is 6.29. The zero-order valence-electron chi connectivity index (χ0n) is 14.1. The van der Waals surface area contributed by atoms with E-state index in [2.05, 4.69) is 4.98 Å². The second-order valence-electron chi connectivity index (χ2n) is 6.14. The Bertz CT molecular complexity index is 708. The summed E-state index contributed by atoms with van der Waals surface area (Å²) < 4.78 is 16.2. The van der Waals surface area contributed by atoms with E-state index < -0.39 is 11.6 Å². The van der Waals surface area contributed by atoms with Crippen molar-refractivity contribution >= 4 is 17.6 Å². The molecule has 0 saturated heterocycles. The normalized spacial score (nSPS) is 11.0. The number of carbonyl (C=O) groups is 1. The Morgan fingerprint density at radius 2 is 1.88 bits per heavy atom. The van der Waals surface area contributed by atoms with Gasteiger partial charge < -0.3 is 14.2 Å². The van der Waals surface area contributed by atoms with Gasteiger partial charge in [0.05, 0.1) is 7.11 Å². The molecule has 1 aromatic heterocycles. The van der Waals surface area contributed by atoms with Gasteiger partial charge in [0.15, 0.2) is 0 Å². The van der Waals surface area contributed by atoms with Crippen molar-refractivity contribution in [1.29, 1.82) is 0 Å². The minimum absolute atomic E-state index is 0.239. The van der Waals surface area contributed by atoms with Crippen LogP contribution in [0, 0.1) is 0 Å². The molecule has 0 N–H and O–H groups in total. The number of esters is 1. The van der Waals surface area contributed by atoms with Crippen LogP contribution in [0.5, 0.6) is 11.5 Å². The second-order valence-corrected chi connectivity index (χ2v) is 6.53. The first-order valence-electron chi connectivity index (χ1n) is 7.43. The summed E-state index contributed by atoms with van der Waals surface area (Å²) in [5.41, 5.74) is 0.561. The number of halogens is 1. The van der Waals surface area contributed by atoms with Gasteiger partial charge in [0, 0.05) is 12.3 Å². The van der Waals surface area contributed by atoms with Crippen molar-refractivity contribution < 1.29 is 19.0 Å². The predicted molar refractivity (Wildman–Crippen MR) is 91.7 cm³/mol. The van der Waals surface area contributed by atoms with Gasteiger partial charge in [0.1, 0.15) is 34.4 Å². The van der Waals surface area contributed by atoms with Crippen LogP contribution in [0.4, 0.5) is 0 Å². The highest BCUT2D eigenvalue weighted by Gasteiger charge is 2.22. The van der Waals surface area contributed by atoms with E-state index in [1.54, 1.807) is 27.9 Å². The molecule has 2 rings (SSSR count). The standard InChI is InChI=1S/C18H20ClNO4/c1-18(2,3)24-17(21)14-10-20-16(19)9-15(14)23-11-12-5-7-13(22-4)8-6-12/h5-10H,11H2,1-4H3. The van der Waals surface area contributed by atoms with Crippen LogP contribution in [0.25, 0.3) is 0 Å². The number of nitrogens with zero attached hydrogens (tertiary/aromatic N) is 1. The van der Waals surface area contributed by atoms with E-state index in [0.717, 1.165) is 11.3 Å². The molecular formula is C18H20ClNO4. The largest absolute Gasteiger partial charge is 0.497 e.